The molecule has 12 nitrogen and oxygen atoms in total. The van der Waals surface area contributed by atoms with E-state index in [4.69, 9.17) is 16.2 Å². The SMILES string of the molecule is Nc1nc(N)c2c(C#CCN3C(=O)c4ccccc4C3=O)cn([C@@H]3O[C@H](CO)[C@@H](O)[C@H]3O)c2n1. The summed E-state index contributed by atoms with van der Waals surface area (Å²) in [4.78, 5) is 34.3. The molecular weight excluding hydrogens is 444 g/mol. The van der Waals surface area contributed by atoms with Gasteiger partial charge in [-0.1, -0.05) is 24.0 Å². The maximum Gasteiger partial charge on any atom is 0.262 e. The van der Waals surface area contributed by atoms with E-state index < -0.39 is 43.0 Å². The molecule has 1 saturated heterocycles. The molecule has 2 amide bonds. The molecule has 0 saturated carbocycles. The summed E-state index contributed by atoms with van der Waals surface area (Å²) in [6.07, 6.45) is -3.31. The molecular formula is C22H20N6O6. The van der Waals surface area contributed by atoms with E-state index in [2.05, 4.69) is 21.8 Å². The number of nitrogen functional groups attached to an aromatic ring is 2. The van der Waals surface area contributed by atoms with Crippen LogP contribution in [0.25, 0.3) is 11.0 Å². The number of aromatic nitrogens is 3. The number of imide groups is 1. The van der Waals surface area contributed by atoms with Crippen LogP contribution in [-0.4, -0.2) is 78.0 Å². The Hall–Kier alpha value is -4.02. The summed E-state index contributed by atoms with van der Waals surface area (Å²) in [6, 6.07) is 6.53. The molecule has 12 heteroatoms. The average molecular weight is 464 g/mol. The maximum atomic E-state index is 12.5. The van der Waals surface area contributed by atoms with E-state index in [9.17, 15) is 24.9 Å². The lowest BCUT2D eigenvalue weighted by Gasteiger charge is -2.17. The minimum atomic E-state index is -1.37. The van der Waals surface area contributed by atoms with Gasteiger partial charge in [-0.15, -0.1) is 0 Å². The summed E-state index contributed by atoms with van der Waals surface area (Å²) in [5, 5.41) is 30.3. The number of nitrogens with two attached hydrogens (primary N) is 2. The van der Waals surface area contributed by atoms with Gasteiger partial charge in [0.15, 0.2) is 11.9 Å². The van der Waals surface area contributed by atoms with Gasteiger partial charge in [-0.05, 0) is 12.1 Å². The van der Waals surface area contributed by atoms with E-state index in [-0.39, 0.29) is 24.0 Å². The number of benzene rings is 1. The third-order valence-corrected chi connectivity index (χ3v) is 5.85. The van der Waals surface area contributed by atoms with Crippen LogP contribution in [0.3, 0.4) is 0 Å². The summed E-state index contributed by atoms with van der Waals surface area (Å²) >= 11 is 0. The number of aliphatic hydroxyl groups is 3. The van der Waals surface area contributed by atoms with Crippen molar-refractivity contribution in [1.82, 2.24) is 19.4 Å². The van der Waals surface area contributed by atoms with Gasteiger partial charge in [-0.2, -0.15) is 9.97 Å². The molecule has 0 unspecified atom stereocenters. The van der Waals surface area contributed by atoms with Crippen LogP contribution in [0.4, 0.5) is 11.8 Å². The van der Waals surface area contributed by atoms with E-state index in [1.807, 2.05) is 0 Å². The fourth-order valence-electron chi connectivity index (χ4n) is 4.19. The van der Waals surface area contributed by atoms with Gasteiger partial charge in [-0.3, -0.25) is 14.5 Å². The largest absolute Gasteiger partial charge is 0.394 e. The summed E-state index contributed by atoms with van der Waals surface area (Å²) in [5.41, 5.74) is 13.0. The molecule has 34 heavy (non-hydrogen) atoms. The lowest BCUT2D eigenvalue weighted by atomic mass is 10.1. The minimum Gasteiger partial charge on any atom is -0.394 e. The average Bonchev–Trinajstić information content (AvgIpc) is 3.40. The number of aliphatic hydroxyl groups excluding tert-OH is 3. The number of carbonyl (C=O) groups is 2. The van der Waals surface area contributed by atoms with Crippen molar-refractivity contribution in [3.63, 3.8) is 0 Å². The van der Waals surface area contributed by atoms with Gasteiger partial charge in [0.25, 0.3) is 11.8 Å². The van der Waals surface area contributed by atoms with Crippen LogP contribution in [0, 0.1) is 11.8 Å². The number of anilines is 2. The van der Waals surface area contributed by atoms with Crippen molar-refractivity contribution in [3.05, 3.63) is 47.2 Å². The number of rotatable bonds is 3. The molecule has 5 rings (SSSR count). The molecule has 7 N–H and O–H groups in total. The molecule has 0 bridgehead atoms. The number of hydrogen-bond acceptors (Lipinski definition) is 10. The molecule has 4 atom stereocenters. The third kappa shape index (κ3) is 3.27. The normalized spacial score (nSPS) is 23.9. The number of hydrogen-bond donors (Lipinski definition) is 5. The first-order valence-electron chi connectivity index (χ1n) is 10.3. The standard InChI is InChI=1S/C22H20N6O6/c23-17-14-10(4-3-7-27-19(32)11-5-1-2-6-12(11)20(27)33)8-28(18(14)26-22(24)25-17)21-16(31)15(30)13(9-29)34-21/h1-2,5-6,8,13,15-16,21,29-31H,7,9H2,(H4,23,24,25,26)/t13-,15-,16-,21-/m1/s1. The third-order valence-electron chi connectivity index (χ3n) is 5.85. The van der Waals surface area contributed by atoms with Crippen LogP contribution in [0.5, 0.6) is 0 Å². The first kappa shape index (κ1) is 21.8. The number of fused-ring (bicyclic) bond motifs is 2. The topological polar surface area (TPSA) is 190 Å². The summed E-state index contributed by atoms with van der Waals surface area (Å²) in [7, 11) is 0. The molecule has 3 aromatic rings. The van der Waals surface area contributed by atoms with Crippen molar-refractivity contribution in [2.75, 3.05) is 24.6 Å². The summed E-state index contributed by atoms with van der Waals surface area (Å²) < 4.78 is 7.00. The highest BCUT2D eigenvalue weighted by molar-refractivity contribution is 6.21. The van der Waals surface area contributed by atoms with E-state index in [0.29, 0.717) is 22.1 Å². The van der Waals surface area contributed by atoms with E-state index in [0.717, 1.165) is 4.90 Å². The van der Waals surface area contributed by atoms with Gasteiger partial charge in [0, 0.05) is 6.20 Å². The Balaban J connectivity index is 1.51. The van der Waals surface area contributed by atoms with E-state index in [1.54, 1.807) is 24.3 Å². The second kappa shape index (κ2) is 8.08. The first-order chi connectivity index (χ1) is 16.3. The minimum absolute atomic E-state index is 0.0259. The zero-order chi connectivity index (χ0) is 24.1. The van der Waals surface area contributed by atoms with Crippen molar-refractivity contribution in [2.24, 2.45) is 0 Å². The van der Waals surface area contributed by atoms with Crippen LogP contribution in [0.1, 0.15) is 32.5 Å². The van der Waals surface area contributed by atoms with Crippen LogP contribution < -0.4 is 11.5 Å². The lowest BCUT2D eigenvalue weighted by molar-refractivity contribution is -0.0508. The van der Waals surface area contributed by atoms with Gasteiger partial charge < -0.3 is 36.1 Å². The highest BCUT2D eigenvalue weighted by Gasteiger charge is 2.44. The predicted octanol–water partition coefficient (Wildman–Crippen LogP) is -1.15. The number of amides is 2. The predicted molar refractivity (Wildman–Crippen MR) is 118 cm³/mol. The molecule has 0 radical (unpaired) electrons. The van der Waals surface area contributed by atoms with Gasteiger partial charge >= 0.3 is 0 Å². The van der Waals surface area contributed by atoms with Crippen molar-refractivity contribution >= 4 is 34.6 Å². The fourth-order valence-corrected chi connectivity index (χ4v) is 4.19. The highest BCUT2D eigenvalue weighted by Crippen LogP contribution is 2.34. The van der Waals surface area contributed by atoms with Gasteiger partial charge in [0.2, 0.25) is 5.95 Å². The molecule has 2 aliphatic heterocycles. The molecule has 0 spiro atoms. The number of nitrogens with zero attached hydrogens (tertiary/aromatic N) is 4. The zero-order valence-electron chi connectivity index (χ0n) is 17.6. The van der Waals surface area contributed by atoms with Crippen molar-refractivity contribution in [3.8, 4) is 11.8 Å². The van der Waals surface area contributed by atoms with Gasteiger partial charge in [0.1, 0.15) is 24.1 Å². The van der Waals surface area contributed by atoms with E-state index >= 15 is 0 Å². The molecule has 1 fully saturated rings. The molecule has 2 aromatic heterocycles. The second-order valence-corrected chi connectivity index (χ2v) is 7.89. The second-order valence-electron chi connectivity index (χ2n) is 7.89. The van der Waals surface area contributed by atoms with Gasteiger partial charge in [-0.25, -0.2) is 0 Å². The van der Waals surface area contributed by atoms with Crippen molar-refractivity contribution in [2.45, 2.75) is 24.5 Å². The maximum absolute atomic E-state index is 12.5. The molecule has 0 aliphatic carbocycles. The van der Waals surface area contributed by atoms with Crippen molar-refractivity contribution < 1.29 is 29.6 Å². The Morgan fingerprint density at radius 1 is 1.06 bits per heavy atom. The Morgan fingerprint density at radius 2 is 1.74 bits per heavy atom. The number of carbonyl (C=O) groups excluding carboxylic acids is 2. The Kier molecular flexibility index (Phi) is 5.18. The summed E-state index contributed by atoms with van der Waals surface area (Å²) in [5.74, 6) is 4.71. The molecule has 174 valence electrons. The number of ether oxygens (including phenoxy) is 1. The van der Waals surface area contributed by atoms with Gasteiger partial charge in [0.05, 0.1) is 35.2 Å². The molecule has 2 aliphatic rings. The van der Waals surface area contributed by atoms with Crippen LogP contribution in [-0.2, 0) is 4.74 Å². The molecule has 4 heterocycles. The quantitative estimate of drug-likeness (QED) is 0.234. The van der Waals surface area contributed by atoms with Crippen molar-refractivity contribution in [1.29, 1.82) is 0 Å². The fraction of sp³-hybridized carbons (Fsp3) is 0.273. The van der Waals surface area contributed by atoms with Crippen LogP contribution >= 0.6 is 0 Å². The van der Waals surface area contributed by atoms with Crippen LogP contribution in [0.2, 0.25) is 0 Å². The highest BCUT2D eigenvalue weighted by atomic mass is 16.6. The van der Waals surface area contributed by atoms with Crippen LogP contribution in [0.15, 0.2) is 30.5 Å². The molecule has 1 aromatic carbocycles. The Bertz CT molecular complexity index is 1360. The monoisotopic (exact) mass is 464 g/mol. The lowest BCUT2D eigenvalue weighted by Crippen LogP contribution is -2.33. The first-order valence-corrected chi connectivity index (χ1v) is 10.3. The Labute approximate surface area is 192 Å². The smallest absolute Gasteiger partial charge is 0.262 e. The summed E-state index contributed by atoms with van der Waals surface area (Å²) in [6.45, 7) is -0.664. The zero-order valence-corrected chi connectivity index (χ0v) is 17.6. The van der Waals surface area contributed by atoms with E-state index in [1.165, 1.54) is 10.8 Å². The Morgan fingerprint density at radius 3 is 2.35 bits per heavy atom.